The van der Waals surface area contributed by atoms with E-state index in [2.05, 4.69) is 0 Å². The van der Waals surface area contributed by atoms with E-state index in [4.69, 9.17) is 10.5 Å². The van der Waals surface area contributed by atoms with Crippen LogP contribution in [0.4, 0.5) is 13.2 Å². The van der Waals surface area contributed by atoms with E-state index in [-0.39, 0.29) is 12.3 Å². The number of hydrogen-bond acceptors (Lipinski definition) is 3. The fraction of sp³-hybridized carbons (Fsp3) is 0.933. The molecular formula is C15H26F3NO2. The normalized spacial score (nSPS) is 20.9. The largest absolute Gasteiger partial charge is 0.460 e. The highest BCUT2D eigenvalue weighted by atomic mass is 19.4. The first-order valence-electron chi connectivity index (χ1n) is 7.56. The van der Waals surface area contributed by atoms with Gasteiger partial charge in [0, 0.05) is 0 Å². The number of hydrogen-bond donors (Lipinski definition) is 1. The molecule has 0 bridgehead atoms. The quantitative estimate of drug-likeness (QED) is 0.804. The van der Waals surface area contributed by atoms with E-state index in [0.717, 1.165) is 32.1 Å². The van der Waals surface area contributed by atoms with Crippen molar-refractivity contribution in [2.75, 3.05) is 0 Å². The van der Waals surface area contributed by atoms with Gasteiger partial charge in [0.15, 0.2) is 0 Å². The number of carbonyl (C=O) groups is 1. The van der Waals surface area contributed by atoms with Crippen molar-refractivity contribution < 1.29 is 22.7 Å². The summed E-state index contributed by atoms with van der Waals surface area (Å²) in [4.78, 5) is 12.1. The topological polar surface area (TPSA) is 52.3 Å². The number of esters is 1. The first kappa shape index (κ1) is 18.3. The minimum absolute atomic E-state index is 0.129. The smallest absolute Gasteiger partial charge is 0.404 e. The van der Waals surface area contributed by atoms with Crippen molar-refractivity contribution in [3.05, 3.63) is 0 Å². The van der Waals surface area contributed by atoms with E-state index in [1.807, 2.05) is 0 Å². The summed E-state index contributed by atoms with van der Waals surface area (Å²) in [6.07, 6.45) is 0.429. The van der Waals surface area contributed by atoms with E-state index >= 15 is 0 Å². The van der Waals surface area contributed by atoms with Crippen molar-refractivity contribution in [3.8, 4) is 0 Å². The molecule has 1 saturated carbocycles. The molecule has 0 aromatic rings. The van der Waals surface area contributed by atoms with Crippen LogP contribution in [-0.2, 0) is 9.53 Å². The number of alkyl halides is 3. The summed E-state index contributed by atoms with van der Waals surface area (Å²) >= 11 is 0. The molecular weight excluding hydrogens is 283 g/mol. The first-order valence-corrected chi connectivity index (χ1v) is 7.56. The lowest BCUT2D eigenvalue weighted by molar-refractivity contribution is -0.184. The molecule has 1 aliphatic rings. The lowest BCUT2D eigenvalue weighted by Gasteiger charge is -2.31. The van der Waals surface area contributed by atoms with Crippen molar-refractivity contribution in [2.24, 2.45) is 17.6 Å². The molecule has 1 aliphatic carbocycles. The van der Waals surface area contributed by atoms with Crippen LogP contribution in [0, 0.1) is 11.8 Å². The van der Waals surface area contributed by atoms with Gasteiger partial charge in [0.1, 0.15) is 11.6 Å². The van der Waals surface area contributed by atoms with Crippen LogP contribution >= 0.6 is 0 Å². The van der Waals surface area contributed by atoms with Gasteiger partial charge in [-0.25, -0.2) is 0 Å². The van der Waals surface area contributed by atoms with E-state index in [9.17, 15) is 18.0 Å². The van der Waals surface area contributed by atoms with Gasteiger partial charge in [-0.3, -0.25) is 4.79 Å². The number of carbonyl (C=O) groups excluding carboxylic acids is 1. The Morgan fingerprint density at radius 1 is 1.19 bits per heavy atom. The Bertz CT molecular complexity index is 344. The third-order valence-corrected chi connectivity index (χ3v) is 3.83. The molecule has 1 rings (SSSR count). The van der Waals surface area contributed by atoms with Crippen molar-refractivity contribution in [1.29, 1.82) is 0 Å². The van der Waals surface area contributed by atoms with Gasteiger partial charge in [0.25, 0.3) is 0 Å². The van der Waals surface area contributed by atoms with E-state index in [1.54, 1.807) is 20.8 Å². The summed E-state index contributed by atoms with van der Waals surface area (Å²) in [5.74, 6) is -2.02. The third-order valence-electron chi connectivity index (χ3n) is 3.83. The lowest BCUT2D eigenvalue weighted by Crippen LogP contribution is -2.49. The first-order chi connectivity index (χ1) is 9.50. The van der Waals surface area contributed by atoms with Crippen LogP contribution in [0.3, 0.4) is 0 Å². The number of halogens is 3. The molecule has 0 amide bonds. The van der Waals surface area contributed by atoms with Gasteiger partial charge in [0.2, 0.25) is 0 Å². The van der Waals surface area contributed by atoms with Gasteiger partial charge in [-0.05, 0) is 33.1 Å². The molecule has 2 N–H and O–H groups in total. The fourth-order valence-electron chi connectivity index (χ4n) is 2.78. The summed E-state index contributed by atoms with van der Waals surface area (Å²) in [5, 5.41) is 0. The van der Waals surface area contributed by atoms with Gasteiger partial charge < -0.3 is 10.5 Å². The zero-order valence-electron chi connectivity index (χ0n) is 13.0. The molecule has 0 spiro atoms. The molecule has 0 aliphatic heterocycles. The second kappa shape index (κ2) is 6.99. The van der Waals surface area contributed by atoms with E-state index < -0.39 is 29.7 Å². The molecule has 1 fully saturated rings. The molecule has 124 valence electrons. The summed E-state index contributed by atoms with van der Waals surface area (Å²) in [7, 11) is 0. The Morgan fingerprint density at radius 2 is 1.71 bits per heavy atom. The molecule has 0 aromatic heterocycles. The second-order valence-electron chi connectivity index (χ2n) is 6.95. The standard InChI is InChI=1S/C15H26F3NO2/c1-14(2,3)21-13(20)11(12(19)15(16,17)18)9-10-7-5-4-6-8-10/h10-12H,4-9,19H2,1-3H3/t11-,12-/m0/s1. The van der Waals surface area contributed by atoms with Crippen LogP contribution in [0.1, 0.15) is 59.3 Å². The molecule has 0 aromatic carbocycles. The minimum atomic E-state index is -4.59. The zero-order chi connectivity index (χ0) is 16.3. The molecule has 21 heavy (non-hydrogen) atoms. The van der Waals surface area contributed by atoms with Crippen LogP contribution < -0.4 is 5.73 Å². The summed E-state index contributed by atoms with van der Waals surface area (Å²) in [6.45, 7) is 4.92. The molecule has 0 radical (unpaired) electrons. The number of rotatable bonds is 4. The average Bonchev–Trinajstić information content (AvgIpc) is 2.33. The van der Waals surface area contributed by atoms with Crippen LogP contribution in [-0.4, -0.2) is 23.8 Å². The predicted molar refractivity (Wildman–Crippen MR) is 74.6 cm³/mol. The van der Waals surface area contributed by atoms with Gasteiger partial charge in [-0.15, -0.1) is 0 Å². The van der Waals surface area contributed by atoms with Gasteiger partial charge in [-0.1, -0.05) is 32.1 Å². The summed E-state index contributed by atoms with van der Waals surface area (Å²) in [5.41, 5.74) is 4.49. The molecule has 0 unspecified atom stereocenters. The number of nitrogens with two attached hydrogens (primary N) is 1. The Hall–Kier alpha value is -0.780. The fourth-order valence-corrected chi connectivity index (χ4v) is 2.78. The monoisotopic (exact) mass is 309 g/mol. The highest BCUT2D eigenvalue weighted by molar-refractivity contribution is 5.74. The Morgan fingerprint density at radius 3 is 2.14 bits per heavy atom. The van der Waals surface area contributed by atoms with Crippen molar-refractivity contribution >= 4 is 5.97 Å². The van der Waals surface area contributed by atoms with Gasteiger partial charge in [0.05, 0.1) is 5.92 Å². The average molecular weight is 309 g/mol. The van der Waals surface area contributed by atoms with Crippen LogP contribution in [0.2, 0.25) is 0 Å². The maximum atomic E-state index is 12.9. The minimum Gasteiger partial charge on any atom is -0.460 e. The predicted octanol–water partition coefficient (Wildman–Crippen LogP) is 3.80. The Kier molecular flexibility index (Phi) is 6.08. The Labute approximate surface area is 124 Å². The zero-order valence-corrected chi connectivity index (χ0v) is 13.0. The van der Waals surface area contributed by atoms with Crippen molar-refractivity contribution in [1.82, 2.24) is 0 Å². The second-order valence-corrected chi connectivity index (χ2v) is 6.95. The maximum Gasteiger partial charge on any atom is 0.404 e. The Balaban J connectivity index is 2.80. The van der Waals surface area contributed by atoms with Gasteiger partial charge in [-0.2, -0.15) is 13.2 Å². The lowest BCUT2D eigenvalue weighted by atomic mass is 9.80. The van der Waals surface area contributed by atoms with Crippen molar-refractivity contribution in [2.45, 2.75) is 77.1 Å². The van der Waals surface area contributed by atoms with Crippen LogP contribution in [0.15, 0.2) is 0 Å². The SMILES string of the molecule is CC(C)(C)OC(=O)[C@@H](CC1CCCCC1)[C@H](N)C(F)(F)F. The molecule has 6 heteroatoms. The van der Waals surface area contributed by atoms with E-state index in [1.165, 1.54) is 0 Å². The molecule has 0 heterocycles. The number of ether oxygens (including phenoxy) is 1. The highest BCUT2D eigenvalue weighted by Gasteiger charge is 2.46. The van der Waals surface area contributed by atoms with Crippen LogP contribution in [0.25, 0.3) is 0 Å². The molecule has 2 atom stereocenters. The molecule has 0 saturated heterocycles. The maximum absolute atomic E-state index is 12.9. The summed E-state index contributed by atoms with van der Waals surface area (Å²) < 4.78 is 43.9. The van der Waals surface area contributed by atoms with Crippen LogP contribution in [0.5, 0.6) is 0 Å². The third kappa shape index (κ3) is 6.24. The highest BCUT2D eigenvalue weighted by Crippen LogP contribution is 2.34. The summed E-state index contributed by atoms with van der Waals surface area (Å²) in [6, 6.07) is -2.16. The molecule has 3 nitrogen and oxygen atoms in total. The van der Waals surface area contributed by atoms with Crippen molar-refractivity contribution in [3.63, 3.8) is 0 Å². The van der Waals surface area contributed by atoms with E-state index in [0.29, 0.717) is 0 Å². The van der Waals surface area contributed by atoms with Gasteiger partial charge >= 0.3 is 12.1 Å².